The molecule has 4 atom stereocenters. The fourth-order valence-corrected chi connectivity index (χ4v) is 8.51. The molecule has 2 fully saturated rings. The molecule has 62 heavy (non-hydrogen) atoms. The van der Waals surface area contributed by atoms with Crippen LogP contribution in [0.3, 0.4) is 0 Å². The molecule has 2 aliphatic rings. The standard InChI is InChI=1S/C48H72N6O8/c1-33(2)28-37(51-45(59)62-46(3,4)5)25-24-36(29-34-18-12-10-13-19-34)43(57)53-27-17-23-40(53)52-42(56)39(22-16-26-49-44(58)61-32-35-20-14-11-15-21-35)41(55)50-38-30-47(6,7)54(60)48(8,9)31-38/h10-15,18-21,24-25,33,36-40,60H,16-17,22-23,26-32H2,1-9H3,(H,49,58)(H,50,55)(H,51,59)(H,52,56)/b25-24+/t36-,37-,39-,40+/m1/s1. The summed E-state index contributed by atoms with van der Waals surface area (Å²) in [7, 11) is 0. The molecule has 2 heterocycles. The molecule has 5 amide bonds. The molecule has 2 aliphatic heterocycles. The third-order valence-electron chi connectivity index (χ3n) is 11.2. The molecule has 0 saturated carbocycles. The van der Waals surface area contributed by atoms with Gasteiger partial charge in [0, 0.05) is 30.2 Å². The molecule has 4 rings (SSSR count). The number of benzene rings is 2. The van der Waals surface area contributed by atoms with Crippen LogP contribution in [-0.4, -0.2) is 93.1 Å². The van der Waals surface area contributed by atoms with Gasteiger partial charge in [-0.25, -0.2) is 9.59 Å². The number of nitrogens with one attached hydrogen (secondary N) is 4. The summed E-state index contributed by atoms with van der Waals surface area (Å²) in [5.41, 5.74) is -0.115. The van der Waals surface area contributed by atoms with Gasteiger partial charge in [-0.15, -0.1) is 0 Å². The maximum atomic E-state index is 14.6. The summed E-state index contributed by atoms with van der Waals surface area (Å²) >= 11 is 0. The smallest absolute Gasteiger partial charge is 0.408 e. The topological polar surface area (TPSA) is 179 Å². The predicted molar refractivity (Wildman–Crippen MR) is 239 cm³/mol. The van der Waals surface area contributed by atoms with Crippen LogP contribution < -0.4 is 21.3 Å². The van der Waals surface area contributed by atoms with Crippen molar-refractivity contribution in [1.29, 1.82) is 0 Å². The van der Waals surface area contributed by atoms with Crippen LogP contribution in [0.15, 0.2) is 72.8 Å². The molecule has 2 aromatic carbocycles. The van der Waals surface area contributed by atoms with E-state index in [1.54, 1.807) is 25.7 Å². The molecule has 0 aliphatic carbocycles. The van der Waals surface area contributed by atoms with Gasteiger partial charge < -0.3 is 40.8 Å². The van der Waals surface area contributed by atoms with Crippen LogP contribution >= 0.6 is 0 Å². The first-order valence-corrected chi connectivity index (χ1v) is 22.2. The van der Waals surface area contributed by atoms with Crippen LogP contribution in [0.4, 0.5) is 9.59 Å². The predicted octanol–water partition coefficient (Wildman–Crippen LogP) is 7.26. The van der Waals surface area contributed by atoms with Crippen molar-refractivity contribution in [1.82, 2.24) is 31.2 Å². The highest BCUT2D eigenvalue weighted by molar-refractivity contribution is 6.00. The Hall–Kier alpha value is -4.95. The Morgan fingerprint density at radius 1 is 0.855 bits per heavy atom. The average Bonchev–Trinajstić information content (AvgIpc) is 3.64. The van der Waals surface area contributed by atoms with Gasteiger partial charge >= 0.3 is 12.2 Å². The van der Waals surface area contributed by atoms with E-state index in [2.05, 4.69) is 35.1 Å². The lowest BCUT2D eigenvalue weighted by Crippen LogP contribution is -2.63. The number of alkyl carbamates (subject to hydrolysis) is 2. The number of likely N-dealkylation sites (tertiary alicyclic amines) is 1. The van der Waals surface area contributed by atoms with E-state index in [4.69, 9.17) is 9.47 Å². The van der Waals surface area contributed by atoms with E-state index in [1.165, 1.54) is 5.06 Å². The number of hydrogen-bond acceptors (Lipinski definition) is 9. The third-order valence-corrected chi connectivity index (χ3v) is 11.2. The second kappa shape index (κ2) is 22.4. The van der Waals surface area contributed by atoms with Crippen LogP contribution in [-0.2, 0) is 36.9 Å². The number of ether oxygens (including phenoxy) is 2. The zero-order valence-electron chi connectivity index (χ0n) is 38.4. The van der Waals surface area contributed by atoms with E-state index >= 15 is 0 Å². The molecule has 14 nitrogen and oxygen atoms in total. The van der Waals surface area contributed by atoms with Gasteiger partial charge in [0.25, 0.3) is 0 Å². The van der Waals surface area contributed by atoms with Gasteiger partial charge in [0.05, 0.1) is 12.0 Å². The lowest BCUT2D eigenvalue weighted by Gasteiger charge is -2.51. The maximum Gasteiger partial charge on any atom is 0.408 e. The molecule has 2 aromatic rings. The number of hydroxylamine groups is 2. The zero-order valence-corrected chi connectivity index (χ0v) is 38.4. The van der Waals surface area contributed by atoms with E-state index in [9.17, 15) is 29.2 Å². The lowest BCUT2D eigenvalue weighted by molar-refractivity contribution is -0.246. The van der Waals surface area contributed by atoms with E-state index in [1.807, 2.05) is 101 Å². The second-order valence-electron chi connectivity index (χ2n) is 19.5. The molecule has 5 N–H and O–H groups in total. The highest BCUT2D eigenvalue weighted by Gasteiger charge is 2.46. The van der Waals surface area contributed by atoms with Gasteiger partial charge in [0.2, 0.25) is 17.7 Å². The van der Waals surface area contributed by atoms with Crippen molar-refractivity contribution in [3.05, 3.63) is 83.9 Å². The summed E-state index contributed by atoms with van der Waals surface area (Å²) in [6.07, 6.45) is 5.51. The number of hydrogen-bond donors (Lipinski definition) is 5. The van der Waals surface area contributed by atoms with Crippen molar-refractivity contribution in [3.63, 3.8) is 0 Å². The Bertz CT molecular complexity index is 1790. The van der Waals surface area contributed by atoms with Crippen molar-refractivity contribution < 1.29 is 38.7 Å². The summed E-state index contributed by atoms with van der Waals surface area (Å²) in [4.78, 5) is 70.0. The molecule has 0 unspecified atom stereocenters. The van der Waals surface area contributed by atoms with Gasteiger partial charge in [-0.05, 0) is 117 Å². The number of amides is 5. The molecule has 0 aromatic heterocycles. The number of carbonyl (C=O) groups is 5. The molecule has 0 bridgehead atoms. The van der Waals surface area contributed by atoms with E-state index in [0.29, 0.717) is 51.5 Å². The molecule has 342 valence electrons. The number of rotatable bonds is 18. The maximum absolute atomic E-state index is 14.6. The highest BCUT2D eigenvalue weighted by Crippen LogP contribution is 2.37. The molecule has 2 saturated heterocycles. The number of carbonyl (C=O) groups excluding carboxylic acids is 5. The van der Waals surface area contributed by atoms with E-state index in [0.717, 1.165) is 11.1 Å². The van der Waals surface area contributed by atoms with Crippen molar-refractivity contribution >= 4 is 29.9 Å². The summed E-state index contributed by atoms with van der Waals surface area (Å²) in [6.45, 7) is 17.9. The summed E-state index contributed by atoms with van der Waals surface area (Å²) < 4.78 is 10.9. The average molecular weight is 861 g/mol. The Labute approximate surface area is 368 Å². The zero-order chi connectivity index (χ0) is 45.7. The van der Waals surface area contributed by atoms with Gasteiger partial charge in [0.1, 0.15) is 24.3 Å². The molecule has 0 radical (unpaired) electrons. The minimum atomic E-state index is -1.12. The fourth-order valence-electron chi connectivity index (χ4n) is 8.51. The Balaban J connectivity index is 1.51. The quantitative estimate of drug-likeness (QED) is 0.0587. The van der Waals surface area contributed by atoms with Gasteiger partial charge in [-0.3, -0.25) is 14.4 Å². The molecule has 14 heteroatoms. The van der Waals surface area contributed by atoms with Crippen molar-refractivity contribution in [3.8, 4) is 0 Å². The van der Waals surface area contributed by atoms with Crippen molar-refractivity contribution in [2.75, 3.05) is 13.1 Å². The van der Waals surface area contributed by atoms with Crippen molar-refractivity contribution in [2.24, 2.45) is 17.8 Å². The van der Waals surface area contributed by atoms with Gasteiger partial charge in [-0.1, -0.05) is 86.7 Å². The summed E-state index contributed by atoms with van der Waals surface area (Å²) in [5, 5.41) is 24.1. The van der Waals surface area contributed by atoms with E-state index < -0.39 is 58.7 Å². The van der Waals surface area contributed by atoms with Gasteiger partial charge in [-0.2, -0.15) is 5.06 Å². The minimum absolute atomic E-state index is 0.111. The van der Waals surface area contributed by atoms with Crippen LogP contribution in [0.25, 0.3) is 0 Å². The minimum Gasteiger partial charge on any atom is -0.445 e. The largest absolute Gasteiger partial charge is 0.445 e. The Morgan fingerprint density at radius 2 is 1.45 bits per heavy atom. The monoisotopic (exact) mass is 861 g/mol. The Kier molecular flexibility index (Phi) is 18.0. The third kappa shape index (κ3) is 15.7. The van der Waals surface area contributed by atoms with E-state index in [-0.39, 0.29) is 43.5 Å². The van der Waals surface area contributed by atoms with Crippen LogP contribution in [0.1, 0.15) is 118 Å². The first-order chi connectivity index (χ1) is 29.1. The summed E-state index contributed by atoms with van der Waals surface area (Å²) in [6, 6.07) is 18.3. The Morgan fingerprint density at radius 3 is 2.05 bits per heavy atom. The van der Waals surface area contributed by atoms with Crippen molar-refractivity contribution in [2.45, 2.75) is 155 Å². The molecular weight excluding hydrogens is 789 g/mol. The van der Waals surface area contributed by atoms with Crippen LogP contribution in [0.2, 0.25) is 0 Å². The molecule has 0 spiro atoms. The number of piperidine rings is 1. The highest BCUT2D eigenvalue weighted by atomic mass is 16.6. The SMILES string of the molecule is CC(C)C[C@@H](/C=C/[C@H](Cc1ccccc1)C(=O)N1CCC[C@H]1NC(=O)[C@H](CCCNC(=O)OCc1ccccc1)C(=O)NC1CC(C)(C)N(O)C(C)(C)C1)NC(=O)OC(C)(C)C. The molecular formula is C48H72N6O8. The second-order valence-corrected chi connectivity index (χ2v) is 19.5. The first-order valence-electron chi connectivity index (χ1n) is 22.2. The normalized spacial score (nSPS) is 19.3. The summed E-state index contributed by atoms with van der Waals surface area (Å²) in [5.74, 6) is -2.62. The lowest BCUT2D eigenvalue weighted by atomic mass is 9.78. The van der Waals surface area contributed by atoms with Gasteiger partial charge in [0.15, 0.2) is 0 Å². The van der Waals surface area contributed by atoms with Crippen LogP contribution in [0, 0.1) is 17.8 Å². The fraction of sp³-hybridized carbons (Fsp3) is 0.604. The first kappa shape index (κ1) is 49.7. The number of nitrogens with zero attached hydrogens (tertiary/aromatic N) is 2. The van der Waals surface area contributed by atoms with Crippen LogP contribution in [0.5, 0.6) is 0 Å².